The van der Waals surface area contributed by atoms with Crippen molar-refractivity contribution >= 4 is 22.4 Å². The summed E-state index contributed by atoms with van der Waals surface area (Å²) in [5, 5.41) is 18.9. The van der Waals surface area contributed by atoms with Crippen molar-refractivity contribution in [2.75, 3.05) is 5.32 Å². The molecule has 0 fully saturated rings. The number of hydrogen-bond acceptors (Lipinski definition) is 6. The first-order chi connectivity index (χ1) is 12.6. The Hall–Kier alpha value is -3.88. The molecule has 0 saturated heterocycles. The van der Waals surface area contributed by atoms with Crippen LogP contribution in [0.2, 0.25) is 0 Å². The third kappa shape index (κ3) is 2.71. The van der Waals surface area contributed by atoms with E-state index in [4.69, 9.17) is 0 Å². The zero-order valence-electron chi connectivity index (χ0n) is 13.7. The van der Waals surface area contributed by atoms with Gasteiger partial charge in [-0.15, -0.1) is 5.10 Å². The number of anilines is 1. The van der Waals surface area contributed by atoms with Gasteiger partial charge in [-0.3, -0.25) is 9.59 Å². The molecule has 0 spiro atoms. The Morgan fingerprint density at radius 3 is 2.65 bits per heavy atom. The first kappa shape index (κ1) is 15.6. The normalized spacial score (nSPS) is 10.8. The highest BCUT2D eigenvalue weighted by atomic mass is 16.2. The van der Waals surface area contributed by atoms with Crippen LogP contribution in [0.15, 0.2) is 59.7 Å². The number of nitrogens with zero attached hydrogens (tertiary/aromatic N) is 6. The number of rotatable bonds is 3. The standard InChI is InChI=1S/C17H13N7O2/c1-23-17(26)14-8-3-2-7-13(14)15(20-23)16(25)19-11-5-4-6-12(9-11)24-10-18-21-22-24/h2-10H,1H3,(H,19,25). The van der Waals surface area contributed by atoms with Crippen molar-refractivity contribution in [3.63, 3.8) is 0 Å². The molecule has 2 aromatic heterocycles. The van der Waals surface area contributed by atoms with Gasteiger partial charge in [-0.2, -0.15) is 5.10 Å². The molecule has 0 aliphatic heterocycles. The number of aryl methyl sites for hydroxylation is 1. The summed E-state index contributed by atoms with van der Waals surface area (Å²) in [4.78, 5) is 24.9. The SMILES string of the molecule is Cn1nc(C(=O)Nc2cccc(-n3cnnn3)c2)c2ccccc2c1=O. The molecule has 0 radical (unpaired) electrons. The maximum absolute atomic E-state index is 12.8. The molecule has 0 aliphatic carbocycles. The average Bonchev–Trinajstić information content (AvgIpc) is 3.20. The molecular formula is C17H13N7O2. The highest BCUT2D eigenvalue weighted by Crippen LogP contribution is 2.17. The van der Waals surface area contributed by atoms with Gasteiger partial charge in [0.1, 0.15) is 6.33 Å². The van der Waals surface area contributed by atoms with Crippen LogP contribution in [-0.4, -0.2) is 35.9 Å². The maximum atomic E-state index is 12.8. The van der Waals surface area contributed by atoms with Gasteiger partial charge in [0, 0.05) is 18.1 Å². The second-order valence-corrected chi connectivity index (χ2v) is 5.58. The lowest BCUT2D eigenvalue weighted by Crippen LogP contribution is -2.25. The molecule has 9 nitrogen and oxygen atoms in total. The summed E-state index contributed by atoms with van der Waals surface area (Å²) in [6.45, 7) is 0. The van der Waals surface area contributed by atoms with E-state index >= 15 is 0 Å². The molecule has 2 heterocycles. The molecule has 9 heteroatoms. The summed E-state index contributed by atoms with van der Waals surface area (Å²) in [5.41, 5.74) is 1.18. The molecule has 1 amide bonds. The molecule has 0 atom stereocenters. The number of tetrazole rings is 1. The van der Waals surface area contributed by atoms with Gasteiger partial charge in [0.2, 0.25) is 0 Å². The third-order valence-electron chi connectivity index (χ3n) is 3.89. The lowest BCUT2D eigenvalue weighted by molar-refractivity contribution is 0.102. The molecule has 128 valence electrons. The highest BCUT2D eigenvalue weighted by molar-refractivity contribution is 6.11. The number of nitrogens with one attached hydrogen (secondary N) is 1. The van der Waals surface area contributed by atoms with E-state index < -0.39 is 5.91 Å². The summed E-state index contributed by atoms with van der Waals surface area (Å²) in [5.74, 6) is -0.411. The Balaban J connectivity index is 1.72. The van der Waals surface area contributed by atoms with Crippen molar-refractivity contribution in [3.8, 4) is 5.69 Å². The largest absolute Gasteiger partial charge is 0.321 e. The van der Waals surface area contributed by atoms with Crippen LogP contribution < -0.4 is 10.9 Å². The smallest absolute Gasteiger partial charge is 0.276 e. The van der Waals surface area contributed by atoms with E-state index in [1.807, 2.05) is 6.07 Å². The van der Waals surface area contributed by atoms with Gasteiger partial charge < -0.3 is 5.32 Å². The molecule has 4 aromatic rings. The van der Waals surface area contributed by atoms with Crippen LogP contribution >= 0.6 is 0 Å². The minimum absolute atomic E-state index is 0.176. The molecule has 0 saturated carbocycles. The van der Waals surface area contributed by atoms with Gasteiger partial charge in [-0.1, -0.05) is 24.3 Å². The van der Waals surface area contributed by atoms with Crippen molar-refractivity contribution in [1.82, 2.24) is 30.0 Å². The van der Waals surface area contributed by atoms with E-state index in [0.717, 1.165) is 4.68 Å². The van der Waals surface area contributed by atoms with Crippen LogP contribution in [-0.2, 0) is 7.05 Å². The predicted molar refractivity (Wildman–Crippen MR) is 94.1 cm³/mol. The topological polar surface area (TPSA) is 108 Å². The van der Waals surface area contributed by atoms with Crippen molar-refractivity contribution in [2.24, 2.45) is 7.05 Å². The van der Waals surface area contributed by atoms with E-state index in [1.54, 1.807) is 42.5 Å². The summed E-state index contributed by atoms with van der Waals surface area (Å²) < 4.78 is 2.64. The summed E-state index contributed by atoms with van der Waals surface area (Å²) in [6, 6.07) is 14.0. The Morgan fingerprint density at radius 2 is 1.88 bits per heavy atom. The van der Waals surface area contributed by atoms with Crippen molar-refractivity contribution in [2.45, 2.75) is 0 Å². The number of carbonyl (C=O) groups excluding carboxylic acids is 1. The van der Waals surface area contributed by atoms with Crippen LogP contribution in [0.4, 0.5) is 5.69 Å². The fourth-order valence-electron chi connectivity index (χ4n) is 2.66. The molecule has 1 N–H and O–H groups in total. The molecular weight excluding hydrogens is 334 g/mol. The minimum Gasteiger partial charge on any atom is -0.321 e. The van der Waals surface area contributed by atoms with Gasteiger partial charge >= 0.3 is 0 Å². The monoisotopic (exact) mass is 347 g/mol. The molecule has 26 heavy (non-hydrogen) atoms. The second-order valence-electron chi connectivity index (χ2n) is 5.58. The van der Waals surface area contributed by atoms with E-state index in [-0.39, 0.29) is 11.3 Å². The Morgan fingerprint density at radius 1 is 1.08 bits per heavy atom. The second kappa shape index (κ2) is 6.20. The number of hydrogen-bond donors (Lipinski definition) is 1. The van der Waals surface area contributed by atoms with Crippen LogP contribution in [0.3, 0.4) is 0 Å². The van der Waals surface area contributed by atoms with Gasteiger partial charge in [0.15, 0.2) is 5.69 Å². The van der Waals surface area contributed by atoms with Crippen molar-refractivity contribution < 1.29 is 4.79 Å². The van der Waals surface area contributed by atoms with Gasteiger partial charge in [-0.05, 0) is 34.7 Å². The Labute approximate surface area is 146 Å². The molecule has 2 aromatic carbocycles. The predicted octanol–water partition coefficient (Wildman–Crippen LogP) is 1.16. The average molecular weight is 347 g/mol. The summed E-state index contributed by atoms with van der Waals surface area (Å²) >= 11 is 0. The Bertz CT molecular complexity index is 1170. The number of aromatic nitrogens is 6. The fourth-order valence-corrected chi connectivity index (χ4v) is 2.66. The highest BCUT2D eigenvalue weighted by Gasteiger charge is 2.16. The first-order valence-corrected chi connectivity index (χ1v) is 7.74. The maximum Gasteiger partial charge on any atom is 0.276 e. The molecule has 4 rings (SSSR count). The minimum atomic E-state index is -0.411. The van der Waals surface area contributed by atoms with E-state index in [9.17, 15) is 9.59 Å². The summed E-state index contributed by atoms with van der Waals surface area (Å²) in [7, 11) is 1.52. The number of benzene rings is 2. The van der Waals surface area contributed by atoms with Crippen molar-refractivity contribution in [3.05, 3.63) is 70.9 Å². The zero-order chi connectivity index (χ0) is 18.1. The number of carbonyl (C=O) groups is 1. The third-order valence-corrected chi connectivity index (χ3v) is 3.89. The van der Waals surface area contributed by atoms with Crippen LogP contribution in [0, 0.1) is 0 Å². The van der Waals surface area contributed by atoms with Gasteiger partial charge in [0.25, 0.3) is 11.5 Å². The molecule has 0 bridgehead atoms. The summed E-state index contributed by atoms with van der Waals surface area (Å²) in [6.07, 6.45) is 1.46. The number of amides is 1. The lowest BCUT2D eigenvalue weighted by atomic mass is 10.1. The van der Waals surface area contributed by atoms with Crippen LogP contribution in [0.25, 0.3) is 16.5 Å². The number of fused-ring (bicyclic) bond motifs is 1. The lowest BCUT2D eigenvalue weighted by Gasteiger charge is -2.09. The zero-order valence-corrected chi connectivity index (χ0v) is 13.7. The fraction of sp³-hybridized carbons (Fsp3) is 0.0588. The Kier molecular flexibility index (Phi) is 3.73. The van der Waals surface area contributed by atoms with E-state index in [2.05, 4.69) is 25.9 Å². The van der Waals surface area contributed by atoms with Crippen LogP contribution in [0.5, 0.6) is 0 Å². The van der Waals surface area contributed by atoms with Crippen molar-refractivity contribution in [1.29, 1.82) is 0 Å². The first-order valence-electron chi connectivity index (χ1n) is 7.74. The van der Waals surface area contributed by atoms with E-state index in [0.29, 0.717) is 22.1 Å². The molecule has 0 unspecified atom stereocenters. The van der Waals surface area contributed by atoms with Gasteiger partial charge in [0.05, 0.1) is 11.1 Å². The van der Waals surface area contributed by atoms with Crippen LogP contribution in [0.1, 0.15) is 10.5 Å². The van der Waals surface area contributed by atoms with E-state index in [1.165, 1.54) is 18.1 Å². The van der Waals surface area contributed by atoms with Gasteiger partial charge in [-0.25, -0.2) is 9.36 Å². The molecule has 0 aliphatic rings. The quantitative estimate of drug-likeness (QED) is 0.596.